The fourth-order valence-electron chi connectivity index (χ4n) is 1.84. The number of hydrogen-bond donors (Lipinski definition) is 2. The Hall–Kier alpha value is -1.36. The summed E-state index contributed by atoms with van der Waals surface area (Å²) in [7, 11) is 0. The van der Waals surface area contributed by atoms with Gasteiger partial charge in [0, 0.05) is 9.50 Å². The third-order valence-electron chi connectivity index (χ3n) is 2.94. The van der Waals surface area contributed by atoms with Gasteiger partial charge in [-0.15, -0.1) is 0 Å². The highest BCUT2D eigenvalue weighted by Gasteiger charge is 2.04. The Kier molecular flexibility index (Phi) is 6.23. The van der Waals surface area contributed by atoms with E-state index in [-0.39, 0.29) is 12.5 Å². The first-order chi connectivity index (χ1) is 10.1. The zero-order chi connectivity index (χ0) is 15.1. The van der Waals surface area contributed by atoms with Gasteiger partial charge in [-0.2, -0.15) is 0 Å². The molecule has 0 unspecified atom stereocenters. The molecule has 0 saturated heterocycles. The molecule has 0 heterocycles. The van der Waals surface area contributed by atoms with Crippen molar-refractivity contribution in [2.24, 2.45) is 0 Å². The van der Waals surface area contributed by atoms with Crippen molar-refractivity contribution >= 4 is 39.1 Å². The number of carbonyl (C=O) groups excluding carboxylic acids is 1. The minimum atomic E-state index is -0.0574. The normalized spacial score (nSPS) is 10.4. The first-order valence-electron chi connectivity index (χ1n) is 6.65. The number of benzene rings is 2. The van der Waals surface area contributed by atoms with E-state index in [0.717, 1.165) is 28.1 Å². The summed E-state index contributed by atoms with van der Waals surface area (Å²) in [6, 6.07) is 15.3. The number of carbonyl (C=O) groups is 1. The highest BCUT2D eigenvalue weighted by atomic mass is 79.9. The van der Waals surface area contributed by atoms with Gasteiger partial charge < -0.3 is 10.6 Å². The highest BCUT2D eigenvalue weighted by molar-refractivity contribution is 9.10. The van der Waals surface area contributed by atoms with Gasteiger partial charge in [-0.05, 0) is 58.7 Å². The summed E-state index contributed by atoms with van der Waals surface area (Å²) in [5.74, 6) is -0.0574. The molecule has 0 spiro atoms. The molecule has 2 N–H and O–H groups in total. The second-order valence-corrected chi connectivity index (χ2v) is 5.87. The minimum Gasteiger partial charge on any atom is -0.324 e. The maximum absolute atomic E-state index is 11.8. The first kappa shape index (κ1) is 16.0. The Morgan fingerprint density at radius 3 is 2.52 bits per heavy atom. The highest BCUT2D eigenvalue weighted by Crippen LogP contribution is 2.20. The summed E-state index contributed by atoms with van der Waals surface area (Å²) in [4.78, 5) is 11.8. The molecule has 0 atom stereocenters. The minimum absolute atomic E-state index is 0.0574. The molecule has 21 heavy (non-hydrogen) atoms. The fourth-order valence-corrected chi connectivity index (χ4v) is 2.35. The van der Waals surface area contributed by atoms with Crippen molar-refractivity contribution in [2.45, 2.75) is 6.42 Å². The lowest BCUT2D eigenvalue weighted by Gasteiger charge is -2.08. The van der Waals surface area contributed by atoms with Crippen molar-refractivity contribution in [2.75, 3.05) is 18.4 Å². The summed E-state index contributed by atoms with van der Waals surface area (Å²) in [5.41, 5.74) is 1.97. The van der Waals surface area contributed by atoms with Gasteiger partial charge >= 0.3 is 0 Å². The smallest absolute Gasteiger partial charge is 0.238 e. The van der Waals surface area contributed by atoms with Crippen LogP contribution in [0.1, 0.15) is 5.56 Å². The summed E-state index contributed by atoms with van der Waals surface area (Å²) in [6.45, 7) is 1.03. The molecule has 110 valence electrons. The SMILES string of the molecule is O=C(CNCCc1ccc(Cl)cc1)Nc1ccccc1Br. The molecule has 0 aromatic heterocycles. The summed E-state index contributed by atoms with van der Waals surface area (Å²) in [6.07, 6.45) is 0.861. The molecule has 0 bridgehead atoms. The van der Waals surface area contributed by atoms with E-state index in [2.05, 4.69) is 26.6 Å². The van der Waals surface area contributed by atoms with Crippen molar-refractivity contribution < 1.29 is 4.79 Å². The molecule has 0 aliphatic rings. The number of nitrogens with one attached hydrogen (secondary N) is 2. The lowest BCUT2D eigenvalue weighted by Crippen LogP contribution is -2.29. The van der Waals surface area contributed by atoms with Gasteiger partial charge in [0.15, 0.2) is 0 Å². The lowest BCUT2D eigenvalue weighted by molar-refractivity contribution is -0.115. The Bertz CT molecular complexity index is 601. The summed E-state index contributed by atoms with van der Waals surface area (Å²) >= 11 is 9.23. The van der Waals surface area contributed by atoms with Gasteiger partial charge in [0.1, 0.15) is 0 Å². The number of amides is 1. The third-order valence-corrected chi connectivity index (χ3v) is 3.88. The summed E-state index contributed by atoms with van der Waals surface area (Å²) in [5, 5.41) is 6.71. The van der Waals surface area contributed by atoms with E-state index in [1.807, 2.05) is 48.5 Å². The molecule has 0 aliphatic heterocycles. The number of para-hydroxylation sites is 1. The van der Waals surface area contributed by atoms with Gasteiger partial charge in [0.25, 0.3) is 0 Å². The summed E-state index contributed by atoms with van der Waals surface area (Å²) < 4.78 is 0.875. The molecular weight excluding hydrogens is 352 g/mol. The molecule has 5 heteroatoms. The maximum Gasteiger partial charge on any atom is 0.238 e. The molecule has 3 nitrogen and oxygen atoms in total. The van der Waals surface area contributed by atoms with E-state index in [0.29, 0.717) is 0 Å². The molecule has 2 rings (SSSR count). The Morgan fingerprint density at radius 1 is 1.10 bits per heavy atom. The van der Waals surface area contributed by atoms with Crippen LogP contribution in [0.3, 0.4) is 0 Å². The van der Waals surface area contributed by atoms with Crippen LogP contribution in [0.15, 0.2) is 53.0 Å². The van der Waals surface area contributed by atoms with Crippen LogP contribution >= 0.6 is 27.5 Å². The Labute approximate surface area is 137 Å². The third kappa shape index (κ3) is 5.50. The van der Waals surface area contributed by atoms with Crippen LogP contribution in [-0.4, -0.2) is 19.0 Å². The lowest BCUT2D eigenvalue weighted by atomic mass is 10.1. The van der Waals surface area contributed by atoms with Gasteiger partial charge in [-0.1, -0.05) is 35.9 Å². The number of rotatable bonds is 6. The van der Waals surface area contributed by atoms with Crippen LogP contribution < -0.4 is 10.6 Å². The molecule has 0 saturated carbocycles. The molecule has 1 amide bonds. The van der Waals surface area contributed by atoms with Crippen LogP contribution in [-0.2, 0) is 11.2 Å². The van der Waals surface area contributed by atoms with Crippen molar-refractivity contribution in [3.63, 3.8) is 0 Å². The monoisotopic (exact) mass is 366 g/mol. The van der Waals surface area contributed by atoms with Crippen LogP contribution in [0.5, 0.6) is 0 Å². The van der Waals surface area contributed by atoms with Crippen molar-refractivity contribution in [1.29, 1.82) is 0 Å². The average Bonchev–Trinajstić information content (AvgIpc) is 2.48. The fraction of sp³-hybridized carbons (Fsp3) is 0.188. The van der Waals surface area contributed by atoms with Crippen molar-refractivity contribution in [3.8, 4) is 0 Å². The largest absolute Gasteiger partial charge is 0.324 e. The number of halogens is 2. The van der Waals surface area contributed by atoms with Crippen molar-refractivity contribution in [1.82, 2.24) is 5.32 Å². The molecule has 0 radical (unpaired) electrons. The van der Waals surface area contributed by atoms with E-state index < -0.39 is 0 Å². The molecule has 2 aromatic carbocycles. The van der Waals surface area contributed by atoms with Crippen LogP contribution in [0, 0.1) is 0 Å². The zero-order valence-corrected chi connectivity index (χ0v) is 13.7. The first-order valence-corrected chi connectivity index (χ1v) is 7.82. The topological polar surface area (TPSA) is 41.1 Å². The van der Waals surface area contributed by atoms with Gasteiger partial charge in [-0.25, -0.2) is 0 Å². The van der Waals surface area contributed by atoms with E-state index in [1.165, 1.54) is 5.56 Å². The number of hydrogen-bond acceptors (Lipinski definition) is 2. The Balaban J connectivity index is 1.70. The average molecular weight is 368 g/mol. The zero-order valence-electron chi connectivity index (χ0n) is 11.4. The molecule has 0 aliphatic carbocycles. The van der Waals surface area contributed by atoms with Crippen LogP contribution in [0.2, 0.25) is 5.02 Å². The van der Waals surface area contributed by atoms with Crippen LogP contribution in [0.4, 0.5) is 5.69 Å². The van der Waals surface area contributed by atoms with E-state index >= 15 is 0 Å². The predicted molar refractivity (Wildman–Crippen MR) is 90.8 cm³/mol. The second-order valence-electron chi connectivity index (χ2n) is 4.58. The van der Waals surface area contributed by atoms with E-state index in [1.54, 1.807) is 0 Å². The molecule has 0 fully saturated rings. The standard InChI is InChI=1S/C16H16BrClN2O/c17-14-3-1-2-4-15(14)20-16(21)11-19-10-9-12-5-7-13(18)8-6-12/h1-8,19H,9-11H2,(H,20,21). The van der Waals surface area contributed by atoms with Gasteiger partial charge in [0.05, 0.1) is 12.2 Å². The van der Waals surface area contributed by atoms with Crippen LogP contribution in [0.25, 0.3) is 0 Å². The van der Waals surface area contributed by atoms with Gasteiger partial charge in [-0.3, -0.25) is 4.79 Å². The van der Waals surface area contributed by atoms with Gasteiger partial charge in [0.2, 0.25) is 5.91 Å². The molecule has 2 aromatic rings. The maximum atomic E-state index is 11.8. The Morgan fingerprint density at radius 2 is 1.81 bits per heavy atom. The predicted octanol–water partition coefficient (Wildman–Crippen LogP) is 3.87. The molecular formula is C16H16BrClN2O. The number of anilines is 1. The van der Waals surface area contributed by atoms with E-state index in [4.69, 9.17) is 11.6 Å². The van der Waals surface area contributed by atoms with E-state index in [9.17, 15) is 4.79 Å². The quantitative estimate of drug-likeness (QED) is 0.761. The van der Waals surface area contributed by atoms with Crippen molar-refractivity contribution in [3.05, 3.63) is 63.6 Å². The second kappa shape index (κ2) is 8.17.